The van der Waals surface area contributed by atoms with Gasteiger partial charge in [0.25, 0.3) is 0 Å². The number of nitriles is 1. The average Bonchev–Trinajstić information content (AvgIpc) is 3.14. The molecule has 0 unspecified atom stereocenters. The Morgan fingerprint density at radius 1 is 1.36 bits per heavy atom. The maximum Gasteiger partial charge on any atom is 0.227 e. The summed E-state index contributed by atoms with van der Waals surface area (Å²) in [7, 11) is 0. The van der Waals surface area contributed by atoms with Gasteiger partial charge in [0.05, 0.1) is 11.8 Å². The third kappa shape index (κ3) is 5.73. The largest absolute Gasteiger partial charge is 0.300 e. The minimum absolute atomic E-state index is 0.116. The highest BCUT2D eigenvalue weighted by Gasteiger charge is 2.10. The van der Waals surface area contributed by atoms with Crippen molar-refractivity contribution in [2.24, 2.45) is 0 Å². The number of aromatic nitrogens is 4. The molecule has 0 aliphatic rings. The molecule has 0 saturated heterocycles. The Balaban J connectivity index is 1.71. The van der Waals surface area contributed by atoms with E-state index >= 15 is 0 Å². The average molecular weight is 391 g/mol. The van der Waals surface area contributed by atoms with Gasteiger partial charge < -0.3 is 5.32 Å². The Morgan fingerprint density at radius 2 is 2.23 bits per heavy atom. The number of carbonyl (C=O) groups excluding carboxylic acids is 1. The molecular weight excluding hydrogens is 380 g/mol. The van der Waals surface area contributed by atoms with E-state index in [2.05, 4.69) is 24.9 Å². The van der Waals surface area contributed by atoms with Crippen molar-refractivity contribution in [3.8, 4) is 6.07 Å². The summed E-state index contributed by atoms with van der Waals surface area (Å²) >= 11 is 6.91. The van der Waals surface area contributed by atoms with Gasteiger partial charge in [-0.3, -0.25) is 4.79 Å². The van der Waals surface area contributed by atoms with Gasteiger partial charge in [-0.1, -0.05) is 46.6 Å². The van der Waals surface area contributed by atoms with Gasteiger partial charge in [0.15, 0.2) is 8.68 Å². The van der Waals surface area contributed by atoms with Gasteiger partial charge in [-0.15, -0.1) is 10.2 Å². The molecule has 2 rings (SSSR count). The maximum absolute atomic E-state index is 11.8. The second-order valence-electron chi connectivity index (χ2n) is 3.51. The number of rotatable bonds is 8. The van der Waals surface area contributed by atoms with E-state index in [1.54, 1.807) is 0 Å². The molecule has 0 radical (unpaired) electrons. The van der Waals surface area contributed by atoms with Crippen LogP contribution < -0.4 is 5.32 Å². The number of hydrogen-bond donors (Lipinski definition) is 1. The Labute approximate surface area is 147 Å². The predicted molar refractivity (Wildman–Crippen MR) is 91.9 cm³/mol. The molecule has 22 heavy (non-hydrogen) atoms. The number of amides is 1. The van der Waals surface area contributed by atoms with E-state index in [0.717, 1.165) is 9.50 Å². The molecule has 116 valence electrons. The van der Waals surface area contributed by atoms with Crippen molar-refractivity contribution in [1.29, 1.82) is 5.26 Å². The SMILES string of the molecule is CSc1nsc(SCCC(=O)Nc2nnc(SCC#N)s2)n1. The molecule has 2 aromatic heterocycles. The molecule has 0 aliphatic carbocycles. The molecule has 0 spiro atoms. The minimum atomic E-state index is -0.116. The van der Waals surface area contributed by atoms with Crippen molar-refractivity contribution in [3.63, 3.8) is 0 Å². The van der Waals surface area contributed by atoms with Gasteiger partial charge in [0.1, 0.15) is 0 Å². The van der Waals surface area contributed by atoms with Crippen LogP contribution in [-0.2, 0) is 4.79 Å². The lowest BCUT2D eigenvalue weighted by molar-refractivity contribution is -0.115. The van der Waals surface area contributed by atoms with Gasteiger partial charge in [-0.2, -0.15) is 9.64 Å². The van der Waals surface area contributed by atoms with E-state index in [-0.39, 0.29) is 5.91 Å². The van der Waals surface area contributed by atoms with Crippen molar-refractivity contribution in [2.45, 2.75) is 20.3 Å². The van der Waals surface area contributed by atoms with Crippen LogP contribution in [0.1, 0.15) is 6.42 Å². The Bertz CT molecular complexity index is 665. The molecule has 7 nitrogen and oxygen atoms in total. The zero-order valence-electron chi connectivity index (χ0n) is 11.3. The van der Waals surface area contributed by atoms with Crippen molar-refractivity contribution < 1.29 is 4.79 Å². The Hall–Kier alpha value is -0.870. The lowest BCUT2D eigenvalue weighted by atomic mass is 10.5. The zero-order chi connectivity index (χ0) is 15.8. The molecule has 12 heteroatoms. The summed E-state index contributed by atoms with van der Waals surface area (Å²) < 4.78 is 5.69. The third-order valence-corrected chi connectivity index (χ3v) is 6.38. The van der Waals surface area contributed by atoms with Crippen LogP contribution >= 0.6 is 58.2 Å². The fourth-order valence-corrected chi connectivity index (χ4v) is 4.81. The molecule has 0 atom stereocenters. The molecule has 0 fully saturated rings. The van der Waals surface area contributed by atoms with E-state index in [1.807, 2.05) is 12.3 Å². The number of hydrogen-bond acceptors (Lipinski definition) is 11. The van der Waals surface area contributed by atoms with Crippen LogP contribution in [0.15, 0.2) is 13.8 Å². The molecule has 1 amide bonds. The van der Waals surface area contributed by atoms with Gasteiger partial charge in [-0.25, -0.2) is 4.98 Å². The summed E-state index contributed by atoms with van der Waals surface area (Å²) in [6.07, 6.45) is 2.29. The van der Waals surface area contributed by atoms with Gasteiger partial charge in [-0.05, 0) is 17.8 Å². The van der Waals surface area contributed by atoms with Gasteiger partial charge in [0, 0.05) is 12.2 Å². The van der Waals surface area contributed by atoms with Crippen molar-refractivity contribution >= 4 is 69.2 Å². The first-order chi connectivity index (χ1) is 10.7. The molecule has 0 aromatic carbocycles. The minimum Gasteiger partial charge on any atom is -0.300 e. The monoisotopic (exact) mass is 390 g/mol. The van der Waals surface area contributed by atoms with E-state index < -0.39 is 0 Å². The van der Waals surface area contributed by atoms with Crippen molar-refractivity contribution in [1.82, 2.24) is 19.6 Å². The molecule has 2 aromatic rings. The van der Waals surface area contributed by atoms with Gasteiger partial charge in [0.2, 0.25) is 16.2 Å². The number of carbonyl (C=O) groups is 1. The van der Waals surface area contributed by atoms with Crippen LogP contribution in [0.2, 0.25) is 0 Å². The molecule has 2 heterocycles. The first-order valence-corrected chi connectivity index (χ1v) is 10.6. The molecule has 0 bridgehead atoms. The molecule has 0 aliphatic heterocycles. The van der Waals surface area contributed by atoms with E-state index in [0.29, 0.717) is 27.4 Å². The van der Waals surface area contributed by atoms with Crippen LogP contribution in [0.4, 0.5) is 5.13 Å². The van der Waals surface area contributed by atoms with E-state index in [9.17, 15) is 4.79 Å². The first kappa shape index (κ1) is 17.5. The number of nitrogens with one attached hydrogen (secondary N) is 1. The number of thioether (sulfide) groups is 3. The fourth-order valence-electron chi connectivity index (χ4n) is 1.16. The predicted octanol–water partition coefficient (Wildman–Crippen LogP) is 2.85. The summed E-state index contributed by atoms with van der Waals surface area (Å²) in [6.45, 7) is 0. The highest BCUT2D eigenvalue weighted by Crippen LogP contribution is 2.26. The summed E-state index contributed by atoms with van der Waals surface area (Å²) in [6, 6.07) is 2.02. The van der Waals surface area contributed by atoms with Crippen molar-refractivity contribution in [3.05, 3.63) is 0 Å². The summed E-state index contributed by atoms with van der Waals surface area (Å²) in [5, 5.41) is 20.2. The highest BCUT2D eigenvalue weighted by atomic mass is 32.2. The normalized spacial score (nSPS) is 10.4. The molecule has 0 saturated carbocycles. The van der Waals surface area contributed by atoms with Crippen molar-refractivity contribution in [2.75, 3.05) is 23.1 Å². The second kappa shape index (κ2) is 9.31. The Kier molecular flexibility index (Phi) is 7.40. The third-order valence-electron chi connectivity index (χ3n) is 2.04. The molecule has 1 N–H and O–H groups in total. The summed E-state index contributed by atoms with van der Waals surface area (Å²) in [5.74, 6) is 0.832. The van der Waals surface area contributed by atoms with E-state index in [4.69, 9.17) is 5.26 Å². The Morgan fingerprint density at radius 3 is 2.95 bits per heavy atom. The van der Waals surface area contributed by atoms with Gasteiger partial charge >= 0.3 is 0 Å². The van der Waals surface area contributed by atoms with Crippen LogP contribution in [0, 0.1) is 11.3 Å². The zero-order valence-corrected chi connectivity index (χ0v) is 15.4. The lowest BCUT2D eigenvalue weighted by Crippen LogP contribution is -2.11. The standard InChI is InChI=1S/C10H10N6OS5/c1-18-8-13-9(22-16-8)19-4-2-6(17)12-7-14-15-10(21-7)20-5-3-11/h2,4-5H2,1H3,(H,12,14,17). The quantitative estimate of drug-likeness (QED) is 0.538. The van der Waals surface area contributed by atoms with Crippen LogP contribution in [0.5, 0.6) is 0 Å². The van der Waals surface area contributed by atoms with E-state index in [1.165, 1.54) is 58.2 Å². The van der Waals surface area contributed by atoms with Crippen LogP contribution in [0.3, 0.4) is 0 Å². The fraction of sp³-hybridized carbons (Fsp3) is 0.400. The topological polar surface area (TPSA) is 104 Å². The van der Waals surface area contributed by atoms with Crippen LogP contribution in [0.25, 0.3) is 0 Å². The summed E-state index contributed by atoms with van der Waals surface area (Å²) in [5.41, 5.74) is 0. The lowest BCUT2D eigenvalue weighted by Gasteiger charge is -1.99. The summed E-state index contributed by atoms with van der Waals surface area (Å²) in [4.78, 5) is 16.1. The first-order valence-electron chi connectivity index (χ1n) is 5.85. The van der Waals surface area contributed by atoms with Crippen LogP contribution in [-0.4, -0.2) is 43.2 Å². The number of anilines is 1. The molecular formula is C10H10N6OS5. The maximum atomic E-state index is 11.8. The smallest absolute Gasteiger partial charge is 0.227 e. The highest BCUT2D eigenvalue weighted by molar-refractivity contribution is 8.01. The second-order valence-corrected chi connectivity index (χ2v) is 8.58. The number of nitrogens with zero attached hydrogens (tertiary/aromatic N) is 5.